The van der Waals surface area contributed by atoms with E-state index in [0.717, 1.165) is 0 Å². The van der Waals surface area contributed by atoms with E-state index in [0.29, 0.717) is 0 Å². The van der Waals surface area contributed by atoms with Crippen LogP contribution in [0.25, 0.3) is 0 Å². The highest BCUT2D eigenvalue weighted by atomic mass is 35.5. The number of hydrogen-bond acceptors (Lipinski definition) is 2. The van der Waals surface area contributed by atoms with E-state index in [2.05, 4.69) is 5.32 Å². The maximum Gasteiger partial charge on any atom is 0.218 e. The summed E-state index contributed by atoms with van der Waals surface area (Å²) in [6, 6.07) is 0. The predicted molar refractivity (Wildman–Crippen MR) is 30.5 cm³/mol. The summed E-state index contributed by atoms with van der Waals surface area (Å²) >= 11 is 5.28. The zero-order valence-corrected chi connectivity index (χ0v) is 5.27. The fourth-order valence-corrected chi connectivity index (χ4v) is 0.420. The van der Waals surface area contributed by atoms with Gasteiger partial charge in [-0.25, -0.2) is 0 Å². The molecule has 1 atom stereocenters. The van der Waals surface area contributed by atoms with Crippen LogP contribution >= 0.6 is 11.6 Å². The summed E-state index contributed by atoms with van der Waals surface area (Å²) in [5, 5.41) is 10.5. The van der Waals surface area contributed by atoms with Crippen molar-refractivity contribution in [1.29, 1.82) is 0 Å². The zero-order chi connectivity index (χ0) is 6.57. The van der Waals surface area contributed by atoms with E-state index in [9.17, 15) is 4.79 Å². The quantitative estimate of drug-likeness (QED) is 0.405. The van der Waals surface area contributed by atoms with Crippen LogP contribution in [0.15, 0.2) is 0 Å². The SMILES string of the molecule is CC(=O)NC(Cl)CO. The van der Waals surface area contributed by atoms with E-state index in [1.807, 2.05) is 0 Å². The first kappa shape index (κ1) is 7.72. The van der Waals surface area contributed by atoms with Crippen LogP contribution in [-0.2, 0) is 4.79 Å². The molecule has 4 heteroatoms. The van der Waals surface area contributed by atoms with Crippen LogP contribution in [0.2, 0.25) is 0 Å². The van der Waals surface area contributed by atoms with Crippen molar-refractivity contribution in [1.82, 2.24) is 5.32 Å². The maximum absolute atomic E-state index is 10.1. The van der Waals surface area contributed by atoms with Crippen LogP contribution in [0.4, 0.5) is 0 Å². The Labute approximate surface area is 52.6 Å². The van der Waals surface area contributed by atoms with E-state index in [4.69, 9.17) is 16.7 Å². The lowest BCUT2D eigenvalue weighted by Crippen LogP contribution is -2.30. The first-order valence-corrected chi connectivity index (χ1v) is 2.62. The number of halogens is 1. The molecular weight excluding hydrogens is 130 g/mol. The van der Waals surface area contributed by atoms with Crippen LogP contribution < -0.4 is 5.32 Å². The molecule has 0 fully saturated rings. The van der Waals surface area contributed by atoms with Gasteiger partial charge >= 0.3 is 0 Å². The zero-order valence-electron chi connectivity index (χ0n) is 4.52. The predicted octanol–water partition coefficient (Wildman–Crippen LogP) is -0.320. The van der Waals surface area contributed by atoms with Gasteiger partial charge in [0.25, 0.3) is 0 Å². The van der Waals surface area contributed by atoms with E-state index >= 15 is 0 Å². The van der Waals surface area contributed by atoms with Gasteiger partial charge in [-0.2, -0.15) is 0 Å². The number of nitrogens with one attached hydrogen (secondary N) is 1. The molecule has 2 N–H and O–H groups in total. The molecule has 0 aromatic heterocycles. The number of carbonyl (C=O) groups excluding carboxylic acids is 1. The maximum atomic E-state index is 10.1. The summed E-state index contributed by atoms with van der Waals surface area (Å²) in [5.41, 5.74) is -0.646. The van der Waals surface area contributed by atoms with Crippen molar-refractivity contribution < 1.29 is 9.90 Å². The summed E-state index contributed by atoms with van der Waals surface area (Å²) in [5.74, 6) is -0.237. The third-order valence-corrected chi connectivity index (χ3v) is 0.767. The molecule has 0 saturated heterocycles. The van der Waals surface area contributed by atoms with Crippen LogP contribution in [-0.4, -0.2) is 23.1 Å². The molecule has 1 unspecified atom stereocenters. The molecule has 0 aliphatic carbocycles. The van der Waals surface area contributed by atoms with E-state index < -0.39 is 5.50 Å². The Morgan fingerprint density at radius 1 is 2.00 bits per heavy atom. The van der Waals surface area contributed by atoms with E-state index in [1.165, 1.54) is 6.92 Å². The van der Waals surface area contributed by atoms with Crippen LogP contribution in [0.1, 0.15) is 6.92 Å². The third-order valence-electron chi connectivity index (χ3n) is 0.520. The van der Waals surface area contributed by atoms with Crippen molar-refractivity contribution in [3.63, 3.8) is 0 Å². The molecule has 8 heavy (non-hydrogen) atoms. The van der Waals surface area contributed by atoms with E-state index in [1.54, 1.807) is 0 Å². The van der Waals surface area contributed by atoms with Gasteiger partial charge in [0.1, 0.15) is 5.50 Å². The van der Waals surface area contributed by atoms with Gasteiger partial charge in [0.15, 0.2) is 0 Å². The first-order chi connectivity index (χ1) is 3.66. The Morgan fingerprint density at radius 2 is 2.50 bits per heavy atom. The molecule has 0 aromatic rings. The second-order valence-electron chi connectivity index (χ2n) is 1.35. The van der Waals surface area contributed by atoms with Gasteiger partial charge in [0, 0.05) is 6.92 Å². The molecule has 48 valence electrons. The number of carbonyl (C=O) groups is 1. The average molecular weight is 138 g/mol. The molecule has 1 amide bonds. The van der Waals surface area contributed by atoms with Gasteiger partial charge < -0.3 is 10.4 Å². The Bertz CT molecular complexity index is 86.1. The largest absolute Gasteiger partial charge is 0.393 e. The lowest BCUT2D eigenvalue weighted by atomic mass is 10.6. The highest BCUT2D eigenvalue weighted by Gasteiger charge is 2.00. The lowest BCUT2D eigenvalue weighted by molar-refractivity contribution is -0.119. The molecule has 0 heterocycles. The Balaban J connectivity index is 3.24. The van der Waals surface area contributed by atoms with Crippen molar-refractivity contribution in [2.24, 2.45) is 0 Å². The number of rotatable bonds is 2. The second kappa shape index (κ2) is 3.69. The van der Waals surface area contributed by atoms with Crippen molar-refractivity contribution in [2.45, 2.75) is 12.4 Å². The van der Waals surface area contributed by atoms with Gasteiger partial charge in [-0.15, -0.1) is 0 Å². The van der Waals surface area contributed by atoms with Gasteiger partial charge in [-0.1, -0.05) is 11.6 Å². The van der Waals surface area contributed by atoms with Crippen molar-refractivity contribution >= 4 is 17.5 Å². The highest BCUT2D eigenvalue weighted by Crippen LogP contribution is 1.85. The number of amides is 1. The van der Waals surface area contributed by atoms with E-state index in [-0.39, 0.29) is 12.5 Å². The normalized spacial score (nSPS) is 12.9. The number of alkyl halides is 1. The van der Waals surface area contributed by atoms with Gasteiger partial charge in [-0.05, 0) is 0 Å². The van der Waals surface area contributed by atoms with Crippen molar-refractivity contribution in [3.8, 4) is 0 Å². The first-order valence-electron chi connectivity index (χ1n) is 2.19. The lowest BCUT2D eigenvalue weighted by Gasteiger charge is -2.03. The van der Waals surface area contributed by atoms with Crippen LogP contribution in [0.3, 0.4) is 0 Å². The average Bonchev–Trinajstić information content (AvgIpc) is 1.65. The summed E-state index contributed by atoms with van der Waals surface area (Å²) < 4.78 is 0. The molecular formula is C4H8ClNO2. The summed E-state index contributed by atoms with van der Waals surface area (Å²) in [7, 11) is 0. The number of hydrogen-bond donors (Lipinski definition) is 2. The minimum atomic E-state index is -0.646. The molecule has 0 aliphatic heterocycles. The third kappa shape index (κ3) is 3.89. The molecule has 3 nitrogen and oxygen atoms in total. The smallest absolute Gasteiger partial charge is 0.218 e. The monoisotopic (exact) mass is 137 g/mol. The van der Waals surface area contributed by atoms with Crippen LogP contribution in [0.5, 0.6) is 0 Å². The van der Waals surface area contributed by atoms with Gasteiger partial charge in [0.2, 0.25) is 5.91 Å². The summed E-state index contributed by atoms with van der Waals surface area (Å²) in [6.45, 7) is 1.10. The molecule has 0 bridgehead atoms. The standard InChI is InChI=1S/C4H8ClNO2/c1-3(8)6-4(5)2-7/h4,7H,2H2,1H3,(H,6,8). The fraction of sp³-hybridized carbons (Fsp3) is 0.750. The molecule has 0 saturated carbocycles. The number of aliphatic hydroxyl groups is 1. The minimum Gasteiger partial charge on any atom is -0.393 e. The Hall–Kier alpha value is -0.280. The molecule has 0 aromatic carbocycles. The van der Waals surface area contributed by atoms with Gasteiger partial charge in [0.05, 0.1) is 6.61 Å². The highest BCUT2D eigenvalue weighted by molar-refractivity contribution is 6.21. The molecule has 0 aliphatic rings. The molecule has 0 radical (unpaired) electrons. The molecule has 0 spiro atoms. The van der Waals surface area contributed by atoms with Gasteiger partial charge in [-0.3, -0.25) is 4.79 Å². The summed E-state index contributed by atoms with van der Waals surface area (Å²) in [4.78, 5) is 10.1. The fourth-order valence-electron chi connectivity index (χ4n) is 0.266. The number of aliphatic hydroxyl groups excluding tert-OH is 1. The van der Waals surface area contributed by atoms with Crippen molar-refractivity contribution in [2.75, 3.05) is 6.61 Å². The Kier molecular flexibility index (Phi) is 3.56. The minimum absolute atomic E-state index is 0.235. The Morgan fingerprint density at radius 3 is 2.62 bits per heavy atom. The second-order valence-corrected chi connectivity index (χ2v) is 1.88. The summed E-state index contributed by atoms with van der Waals surface area (Å²) in [6.07, 6.45) is 0. The van der Waals surface area contributed by atoms with Crippen LogP contribution in [0, 0.1) is 0 Å². The van der Waals surface area contributed by atoms with Crippen molar-refractivity contribution in [3.05, 3.63) is 0 Å². The topological polar surface area (TPSA) is 49.3 Å². The molecule has 0 rings (SSSR count).